The minimum absolute atomic E-state index is 0.539. The van der Waals surface area contributed by atoms with Crippen molar-refractivity contribution < 1.29 is 4.74 Å². The number of methoxy groups -OCH3 is 1. The van der Waals surface area contributed by atoms with Crippen molar-refractivity contribution in [1.29, 1.82) is 0 Å². The molecule has 1 atom stereocenters. The van der Waals surface area contributed by atoms with E-state index in [4.69, 9.17) is 4.74 Å². The Hall–Kier alpha value is -0.540. The number of nitrogens with one attached hydrogen (secondary N) is 1. The molecule has 0 amide bonds. The van der Waals surface area contributed by atoms with Crippen molar-refractivity contribution in [2.24, 2.45) is 5.92 Å². The van der Waals surface area contributed by atoms with Gasteiger partial charge >= 0.3 is 0 Å². The molecule has 0 aliphatic heterocycles. The molecule has 1 aliphatic carbocycles. The molecule has 1 heterocycles. The molecule has 0 aromatic carbocycles. The van der Waals surface area contributed by atoms with Crippen LogP contribution in [0.5, 0.6) is 5.75 Å². The molecule has 2 rings (SSSR count). The van der Waals surface area contributed by atoms with Crippen LogP contribution in [-0.4, -0.2) is 14.2 Å². The van der Waals surface area contributed by atoms with Crippen LogP contribution in [-0.2, 0) is 0 Å². The zero-order valence-electron chi connectivity index (χ0n) is 8.75. The Balaban J connectivity index is 2.09. The zero-order valence-corrected chi connectivity index (χ0v) is 9.56. The minimum atomic E-state index is 0.539. The van der Waals surface area contributed by atoms with Gasteiger partial charge in [0.1, 0.15) is 5.75 Å². The fourth-order valence-electron chi connectivity index (χ4n) is 1.99. The number of hydrogen-bond acceptors (Lipinski definition) is 3. The van der Waals surface area contributed by atoms with E-state index in [0.29, 0.717) is 6.04 Å². The minimum Gasteiger partial charge on any atom is -0.496 e. The van der Waals surface area contributed by atoms with Gasteiger partial charge in [-0.25, -0.2) is 0 Å². The van der Waals surface area contributed by atoms with Gasteiger partial charge in [0.05, 0.1) is 7.11 Å². The molecule has 3 heteroatoms. The van der Waals surface area contributed by atoms with E-state index in [-0.39, 0.29) is 0 Å². The van der Waals surface area contributed by atoms with Gasteiger partial charge in [-0.05, 0) is 31.9 Å². The SMILES string of the molecule is CNC(c1cc(OC)cs1)C1CCC1. The standard InChI is InChI=1S/C11H17NOS/c1-12-11(8-4-3-5-8)10-6-9(13-2)7-14-10/h6-8,11-12H,3-5H2,1-2H3. The Labute approximate surface area is 89.3 Å². The molecular weight excluding hydrogens is 194 g/mol. The molecule has 0 radical (unpaired) electrons. The molecule has 1 aliphatic rings. The van der Waals surface area contributed by atoms with Crippen LogP contribution < -0.4 is 10.1 Å². The molecule has 0 bridgehead atoms. The molecule has 1 fully saturated rings. The third-order valence-electron chi connectivity index (χ3n) is 3.07. The van der Waals surface area contributed by atoms with Crippen LogP contribution in [0.15, 0.2) is 11.4 Å². The maximum absolute atomic E-state index is 5.20. The summed E-state index contributed by atoms with van der Waals surface area (Å²) in [6.07, 6.45) is 4.13. The molecule has 1 saturated carbocycles. The van der Waals surface area contributed by atoms with Crippen LogP contribution in [0.4, 0.5) is 0 Å². The van der Waals surface area contributed by atoms with Crippen molar-refractivity contribution >= 4 is 11.3 Å². The van der Waals surface area contributed by atoms with E-state index in [9.17, 15) is 0 Å². The predicted octanol–water partition coefficient (Wildman–Crippen LogP) is 2.82. The number of ether oxygens (including phenoxy) is 1. The van der Waals surface area contributed by atoms with Crippen molar-refractivity contribution in [3.05, 3.63) is 16.3 Å². The number of hydrogen-bond donors (Lipinski definition) is 1. The van der Waals surface area contributed by atoms with Gasteiger partial charge < -0.3 is 10.1 Å². The Morgan fingerprint density at radius 2 is 2.36 bits per heavy atom. The lowest BCUT2D eigenvalue weighted by Crippen LogP contribution is -2.28. The summed E-state index contributed by atoms with van der Waals surface area (Å²) in [7, 11) is 3.78. The first-order chi connectivity index (χ1) is 6.85. The Morgan fingerprint density at radius 1 is 1.57 bits per heavy atom. The van der Waals surface area contributed by atoms with Crippen molar-refractivity contribution in [2.45, 2.75) is 25.3 Å². The first-order valence-corrected chi connectivity index (χ1v) is 6.03. The fourth-order valence-corrected chi connectivity index (χ4v) is 3.05. The van der Waals surface area contributed by atoms with Crippen LogP contribution in [0.25, 0.3) is 0 Å². The summed E-state index contributed by atoms with van der Waals surface area (Å²) < 4.78 is 5.20. The number of thiophene rings is 1. The van der Waals surface area contributed by atoms with Gasteiger partial charge in [0, 0.05) is 16.3 Å². The van der Waals surface area contributed by atoms with Crippen LogP contribution in [0.3, 0.4) is 0 Å². The van der Waals surface area contributed by atoms with E-state index in [1.54, 1.807) is 18.4 Å². The summed E-state index contributed by atoms with van der Waals surface area (Å²) in [5, 5.41) is 5.49. The lowest BCUT2D eigenvalue weighted by Gasteiger charge is -2.32. The second-order valence-electron chi connectivity index (χ2n) is 3.85. The quantitative estimate of drug-likeness (QED) is 0.827. The van der Waals surface area contributed by atoms with Gasteiger partial charge in [-0.3, -0.25) is 0 Å². The van der Waals surface area contributed by atoms with Crippen molar-refractivity contribution in [3.63, 3.8) is 0 Å². The Kier molecular flexibility index (Phi) is 3.08. The van der Waals surface area contributed by atoms with Gasteiger partial charge in [0.2, 0.25) is 0 Å². The van der Waals surface area contributed by atoms with E-state index in [2.05, 4.69) is 23.8 Å². The maximum Gasteiger partial charge on any atom is 0.129 e. The highest BCUT2D eigenvalue weighted by Crippen LogP contribution is 2.40. The third kappa shape index (κ3) is 1.79. The first-order valence-electron chi connectivity index (χ1n) is 5.15. The average Bonchev–Trinajstić information content (AvgIpc) is 2.58. The van der Waals surface area contributed by atoms with E-state index in [0.717, 1.165) is 11.7 Å². The highest BCUT2D eigenvalue weighted by atomic mass is 32.1. The predicted molar refractivity (Wildman–Crippen MR) is 60.0 cm³/mol. The summed E-state index contributed by atoms with van der Waals surface area (Å²) in [5.41, 5.74) is 0. The van der Waals surface area contributed by atoms with E-state index >= 15 is 0 Å². The third-order valence-corrected chi connectivity index (χ3v) is 4.06. The summed E-state index contributed by atoms with van der Waals surface area (Å²) >= 11 is 1.80. The zero-order chi connectivity index (χ0) is 9.97. The highest BCUT2D eigenvalue weighted by Gasteiger charge is 2.28. The van der Waals surface area contributed by atoms with Gasteiger partial charge in [-0.1, -0.05) is 6.42 Å². The van der Waals surface area contributed by atoms with E-state index < -0.39 is 0 Å². The lowest BCUT2D eigenvalue weighted by atomic mass is 9.79. The topological polar surface area (TPSA) is 21.3 Å². The van der Waals surface area contributed by atoms with Crippen LogP contribution in [0.2, 0.25) is 0 Å². The summed E-state index contributed by atoms with van der Waals surface area (Å²) in [6.45, 7) is 0. The Bertz CT molecular complexity index is 293. The number of rotatable bonds is 4. The largest absolute Gasteiger partial charge is 0.496 e. The van der Waals surface area contributed by atoms with Crippen molar-refractivity contribution in [3.8, 4) is 5.75 Å². The normalized spacial score (nSPS) is 19.0. The molecular formula is C11H17NOS. The van der Waals surface area contributed by atoms with Crippen molar-refractivity contribution in [2.75, 3.05) is 14.2 Å². The molecule has 1 N–H and O–H groups in total. The molecule has 0 spiro atoms. The molecule has 1 aromatic heterocycles. The summed E-state index contributed by atoms with van der Waals surface area (Å²) in [5.74, 6) is 1.83. The maximum atomic E-state index is 5.20. The molecule has 14 heavy (non-hydrogen) atoms. The van der Waals surface area contributed by atoms with E-state index in [1.807, 2.05) is 0 Å². The van der Waals surface area contributed by atoms with Crippen LogP contribution >= 0.6 is 11.3 Å². The fraction of sp³-hybridized carbons (Fsp3) is 0.636. The average molecular weight is 211 g/mol. The first kappa shape index (κ1) is 9.99. The van der Waals surface area contributed by atoms with Gasteiger partial charge in [0.25, 0.3) is 0 Å². The molecule has 78 valence electrons. The highest BCUT2D eigenvalue weighted by molar-refractivity contribution is 7.10. The summed E-state index contributed by atoms with van der Waals surface area (Å²) in [6, 6.07) is 2.70. The second-order valence-corrected chi connectivity index (χ2v) is 4.79. The second kappa shape index (κ2) is 4.32. The van der Waals surface area contributed by atoms with Crippen LogP contribution in [0, 0.1) is 5.92 Å². The smallest absolute Gasteiger partial charge is 0.129 e. The van der Waals surface area contributed by atoms with Gasteiger partial charge in [-0.2, -0.15) is 0 Å². The molecule has 2 nitrogen and oxygen atoms in total. The monoisotopic (exact) mass is 211 g/mol. The lowest BCUT2D eigenvalue weighted by molar-refractivity contribution is 0.242. The summed E-state index contributed by atoms with van der Waals surface area (Å²) in [4.78, 5) is 1.41. The van der Waals surface area contributed by atoms with Gasteiger partial charge in [-0.15, -0.1) is 11.3 Å². The van der Waals surface area contributed by atoms with Gasteiger partial charge in [0.15, 0.2) is 0 Å². The molecule has 1 unspecified atom stereocenters. The van der Waals surface area contributed by atoms with E-state index in [1.165, 1.54) is 24.1 Å². The van der Waals surface area contributed by atoms with Crippen LogP contribution in [0.1, 0.15) is 30.2 Å². The molecule has 1 aromatic rings. The Morgan fingerprint density at radius 3 is 2.79 bits per heavy atom. The molecule has 0 saturated heterocycles. The van der Waals surface area contributed by atoms with Crippen molar-refractivity contribution in [1.82, 2.24) is 5.32 Å².